The van der Waals surface area contributed by atoms with Gasteiger partial charge in [-0.25, -0.2) is 9.78 Å². The van der Waals surface area contributed by atoms with Gasteiger partial charge in [0, 0.05) is 34.0 Å². The fourth-order valence-electron chi connectivity index (χ4n) is 7.48. The molecule has 3 N–H and O–H groups in total. The molecule has 6 aromatic carbocycles. The SMILES string of the molecule is CC(=O)[C@@H](Cc1ccccc1)NC(=O)Nc1cccc(C2O[C@H](CSc3nc(-c4ccccc4)c(-c4ccccc4)o3)[C@@H](c3ccccc3)[C@H](c3ccc(CO)cc3)O2)c1. The van der Waals surface area contributed by atoms with Crippen molar-refractivity contribution in [1.29, 1.82) is 0 Å². The molecule has 7 aromatic rings. The number of oxazole rings is 1. The Morgan fingerprint density at radius 1 is 0.700 bits per heavy atom. The summed E-state index contributed by atoms with van der Waals surface area (Å²) in [5.74, 6) is 0.785. The van der Waals surface area contributed by atoms with E-state index in [9.17, 15) is 14.7 Å². The van der Waals surface area contributed by atoms with Crippen molar-refractivity contribution in [3.8, 4) is 22.6 Å². The third kappa shape index (κ3) is 9.76. The number of aliphatic hydroxyl groups is 1. The van der Waals surface area contributed by atoms with Gasteiger partial charge in [0.25, 0.3) is 5.22 Å². The molecule has 0 spiro atoms. The highest BCUT2D eigenvalue weighted by Gasteiger charge is 2.42. The van der Waals surface area contributed by atoms with Crippen LogP contribution in [0.4, 0.5) is 10.5 Å². The molecule has 5 atom stereocenters. The minimum atomic E-state index is -0.824. The minimum absolute atomic E-state index is 0.0716. The lowest BCUT2D eigenvalue weighted by Gasteiger charge is -2.43. The standard InChI is InChI=1S/C50H45N3O6S/c1-33(55)42(29-34-15-6-2-7-16-34)52-49(56)51-41-24-14-23-40(30-41)48-57-43(44(36-17-8-3-9-18-36)46(58-48)39-27-25-35(31-54)26-28-39)32-60-50-53-45(37-19-10-4-11-20-37)47(59-50)38-21-12-5-13-22-38/h2-28,30,42-44,46,48,54H,29,31-32H2,1H3,(H2,51,52,56)/t42-,43-,44-,46+,48?/m1/s1. The zero-order valence-electron chi connectivity index (χ0n) is 33.0. The second kappa shape index (κ2) is 19.2. The number of nitrogens with one attached hydrogen (secondary N) is 2. The van der Waals surface area contributed by atoms with Gasteiger partial charge < -0.3 is 29.6 Å². The maximum Gasteiger partial charge on any atom is 0.319 e. The zero-order valence-corrected chi connectivity index (χ0v) is 33.8. The highest BCUT2D eigenvalue weighted by molar-refractivity contribution is 7.99. The molecule has 1 fully saturated rings. The summed E-state index contributed by atoms with van der Waals surface area (Å²) >= 11 is 1.49. The van der Waals surface area contributed by atoms with Gasteiger partial charge in [-0.3, -0.25) is 4.79 Å². The van der Waals surface area contributed by atoms with E-state index in [4.69, 9.17) is 18.9 Å². The van der Waals surface area contributed by atoms with E-state index >= 15 is 0 Å². The van der Waals surface area contributed by atoms with Gasteiger partial charge in [-0.15, -0.1) is 0 Å². The lowest BCUT2D eigenvalue weighted by atomic mass is 9.84. The van der Waals surface area contributed by atoms with E-state index in [0.29, 0.717) is 34.4 Å². The van der Waals surface area contributed by atoms with Crippen molar-refractivity contribution in [3.05, 3.63) is 198 Å². The van der Waals surface area contributed by atoms with Crippen molar-refractivity contribution in [2.24, 2.45) is 0 Å². The Kier molecular flexibility index (Phi) is 12.9. The molecule has 0 bridgehead atoms. The molecule has 60 heavy (non-hydrogen) atoms. The second-order valence-corrected chi connectivity index (χ2v) is 15.6. The molecule has 8 rings (SSSR count). The predicted octanol–water partition coefficient (Wildman–Crippen LogP) is 10.6. The summed E-state index contributed by atoms with van der Waals surface area (Å²) in [7, 11) is 0. The largest absolute Gasteiger partial charge is 0.431 e. The van der Waals surface area contributed by atoms with Crippen molar-refractivity contribution in [3.63, 3.8) is 0 Å². The Balaban J connectivity index is 1.09. The van der Waals surface area contributed by atoms with Crippen molar-refractivity contribution >= 4 is 29.3 Å². The van der Waals surface area contributed by atoms with Gasteiger partial charge in [0.15, 0.2) is 17.8 Å². The number of Topliss-reactive ketones (excluding diaryl/α,β-unsaturated/α-hetero) is 1. The van der Waals surface area contributed by atoms with Crippen LogP contribution in [0.2, 0.25) is 0 Å². The van der Waals surface area contributed by atoms with Gasteiger partial charge in [0.1, 0.15) is 5.69 Å². The number of anilines is 1. The number of carbonyl (C=O) groups excluding carboxylic acids is 2. The number of amides is 2. The first-order valence-corrected chi connectivity index (χ1v) is 20.9. The van der Waals surface area contributed by atoms with Crippen molar-refractivity contribution in [1.82, 2.24) is 10.3 Å². The Labute approximate surface area is 353 Å². The van der Waals surface area contributed by atoms with E-state index in [1.807, 2.05) is 152 Å². The van der Waals surface area contributed by atoms with E-state index in [-0.39, 0.29) is 18.3 Å². The number of carbonyl (C=O) groups is 2. The Bertz CT molecular complexity index is 2430. The van der Waals surface area contributed by atoms with Crippen LogP contribution in [-0.4, -0.2) is 39.8 Å². The average Bonchev–Trinajstić information content (AvgIpc) is 3.73. The summed E-state index contributed by atoms with van der Waals surface area (Å²) in [4.78, 5) is 30.9. The predicted molar refractivity (Wildman–Crippen MR) is 234 cm³/mol. The fraction of sp³-hybridized carbons (Fsp3) is 0.180. The molecule has 0 aliphatic carbocycles. The summed E-state index contributed by atoms with van der Waals surface area (Å²) < 4.78 is 20.4. The van der Waals surface area contributed by atoms with Crippen LogP contribution in [0.15, 0.2) is 179 Å². The smallest absolute Gasteiger partial charge is 0.319 e. The average molecular weight is 816 g/mol. The van der Waals surface area contributed by atoms with Crippen molar-refractivity contribution in [2.45, 2.75) is 55.6 Å². The summed E-state index contributed by atoms with van der Waals surface area (Å²) in [6, 6.07) is 53.8. The Hall–Kier alpha value is -6.30. The van der Waals surface area contributed by atoms with E-state index in [0.717, 1.165) is 39.1 Å². The van der Waals surface area contributed by atoms with Gasteiger partial charge in [-0.05, 0) is 47.7 Å². The molecule has 2 amide bonds. The van der Waals surface area contributed by atoms with Gasteiger partial charge >= 0.3 is 6.03 Å². The maximum absolute atomic E-state index is 13.3. The first-order valence-electron chi connectivity index (χ1n) is 19.9. The highest BCUT2D eigenvalue weighted by atomic mass is 32.2. The third-order valence-electron chi connectivity index (χ3n) is 10.5. The van der Waals surface area contributed by atoms with Gasteiger partial charge in [-0.2, -0.15) is 0 Å². The summed E-state index contributed by atoms with van der Waals surface area (Å²) in [6.45, 7) is 1.40. The fourth-order valence-corrected chi connectivity index (χ4v) is 8.37. The molecule has 9 nitrogen and oxygen atoms in total. The number of hydrogen-bond acceptors (Lipinski definition) is 8. The molecule has 0 radical (unpaired) electrons. The van der Waals surface area contributed by atoms with E-state index < -0.39 is 30.6 Å². The molecule has 1 aliphatic heterocycles. The normalized spacial score (nSPS) is 18.0. The topological polar surface area (TPSA) is 123 Å². The molecule has 0 saturated carbocycles. The molecule has 2 heterocycles. The van der Waals surface area contributed by atoms with Gasteiger partial charge in [-0.1, -0.05) is 169 Å². The molecular formula is C50H45N3O6S. The summed E-state index contributed by atoms with van der Waals surface area (Å²) in [6.07, 6.45) is -1.30. The summed E-state index contributed by atoms with van der Waals surface area (Å²) in [5.41, 5.74) is 7.59. The highest BCUT2D eigenvalue weighted by Crippen LogP contribution is 2.48. The second-order valence-electron chi connectivity index (χ2n) is 14.7. The van der Waals surface area contributed by atoms with Crippen LogP contribution in [-0.2, 0) is 27.3 Å². The molecule has 302 valence electrons. The van der Waals surface area contributed by atoms with Crippen LogP contribution in [0.5, 0.6) is 0 Å². The molecule has 1 aromatic heterocycles. The lowest BCUT2D eigenvalue weighted by Crippen LogP contribution is -2.43. The molecule has 1 unspecified atom stereocenters. The number of nitrogens with zero attached hydrogens (tertiary/aromatic N) is 1. The van der Waals surface area contributed by atoms with Crippen LogP contribution < -0.4 is 10.6 Å². The number of ketones is 1. The first-order chi connectivity index (χ1) is 29.4. The Morgan fingerprint density at radius 2 is 1.33 bits per heavy atom. The molecule has 10 heteroatoms. The first kappa shape index (κ1) is 40.5. The summed E-state index contributed by atoms with van der Waals surface area (Å²) in [5, 5.41) is 16.1. The number of aliphatic hydroxyl groups excluding tert-OH is 1. The Morgan fingerprint density at radius 3 is 2.00 bits per heavy atom. The van der Waals surface area contributed by atoms with Crippen LogP contribution in [0.1, 0.15) is 53.1 Å². The number of benzene rings is 6. The minimum Gasteiger partial charge on any atom is -0.431 e. The lowest BCUT2D eigenvalue weighted by molar-refractivity contribution is -0.255. The number of aromatic nitrogens is 1. The number of ether oxygens (including phenoxy) is 2. The van der Waals surface area contributed by atoms with Gasteiger partial charge in [0.2, 0.25) is 0 Å². The van der Waals surface area contributed by atoms with Crippen molar-refractivity contribution < 1.29 is 28.6 Å². The van der Waals surface area contributed by atoms with E-state index in [1.54, 1.807) is 6.07 Å². The molecule has 1 aliphatic rings. The number of thioether (sulfide) groups is 1. The quantitative estimate of drug-likeness (QED) is 0.0928. The number of hydrogen-bond donors (Lipinski definition) is 3. The van der Waals surface area contributed by atoms with Crippen LogP contribution in [0.3, 0.4) is 0 Å². The molecule has 1 saturated heterocycles. The monoisotopic (exact) mass is 815 g/mol. The van der Waals surface area contributed by atoms with Crippen LogP contribution in [0.25, 0.3) is 22.6 Å². The third-order valence-corrected chi connectivity index (χ3v) is 11.4. The zero-order chi connectivity index (χ0) is 41.3. The number of urea groups is 1. The van der Waals surface area contributed by atoms with Gasteiger partial charge in [0.05, 0.1) is 24.9 Å². The number of rotatable bonds is 14. The van der Waals surface area contributed by atoms with Crippen LogP contribution in [0, 0.1) is 0 Å². The van der Waals surface area contributed by atoms with Crippen LogP contribution >= 0.6 is 11.8 Å². The van der Waals surface area contributed by atoms with E-state index in [1.165, 1.54) is 18.7 Å². The van der Waals surface area contributed by atoms with Crippen molar-refractivity contribution in [2.75, 3.05) is 11.1 Å². The maximum atomic E-state index is 13.3. The molecular weight excluding hydrogens is 771 g/mol. The van der Waals surface area contributed by atoms with E-state index in [2.05, 4.69) is 22.8 Å².